The molecule has 0 rings (SSSR count). The average molecular weight is 206 g/mol. The number of ether oxygens (including phenoxy) is 4. The Balaban J connectivity index is 4.60. The minimum atomic E-state index is -1.11. The van der Waals surface area contributed by atoms with E-state index in [-0.39, 0.29) is 0 Å². The van der Waals surface area contributed by atoms with Crippen LogP contribution in [0.5, 0.6) is 0 Å². The monoisotopic (exact) mass is 206 g/mol. The second kappa shape index (κ2) is 6.33. The predicted molar refractivity (Wildman–Crippen MR) is 45.6 cm³/mol. The third-order valence-corrected chi connectivity index (χ3v) is 1.65. The first-order valence-corrected chi connectivity index (χ1v) is 3.83. The van der Waals surface area contributed by atoms with Crippen LogP contribution in [-0.2, 0) is 28.5 Å². The van der Waals surface area contributed by atoms with E-state index in [2.05, 4.69) is 9.47 Å². The molecule has 0 bridgehead atoms. The van der Waals surface area contributed by atoms with E-state index < -0.39 is 24.1 Å². The minimum absolute atomic E-state index is 0.690. The van der Waals surface area contributed by atoms with E-state index in [1.54, 1.807) is 0 Å². The molecule has 0 fully saturated rings. The van der Waals surface area contributed by atoms with Gasteiger partial charge in [-0.1, -0.05) is 0 Å². The normalized spacial score (nSPS) is 14.3. The lowest BCUT2D eigenvalue weighted by molar-refractivity contribution is -0.175. The van der Waals surface area contributed by atoms with Crippen molar-refractivity contribution in [1.82, 2.24) is 0 Å². The molecule has 0 heterocycles. The number of hydrogen-bond donors (Lipinski definition) is 0. The molecule has 0 amide bonds. The van der Waals surface area contributed by atoms with Gasteiger partial charge in [0.2, 0.25) is 0 Å². The van der Waals surface area contributed by atoms with E-state index in [9.17, 15) is 9.59 Å². The van der Waals surface area contributed by atoms with E-state index in [0.717, 1.165) is 0 Å². The molecule has 82 valence electrons. The third-order valence-electron chi connectivity index (χ3n) is 1.65. The second-order valence-corrected chi connectivity index (χ2v) is 2.36. The van der Waals surface area contributed by atoms with Gasteiger partial charge in [-0.3, -0.25) is 0 Å². The molecule has 14 heavy (non-hydrogen) atoms. The maximum absolute atomic E-state index is 11.1. The van der Waals surface area contributed by atoms with Gasteiger partial charge in [0.1, 0.15) is 0 Å². The lowest BCUT2D eigenvalue weighted by Gasteiger charge is -2.20. The molecule has 0 radical (unpaired) electrons. The maximum Gasteiger partial charge on any atom is 0.338 e. The summed E-state index contributed by atoms with van der Waals surface area (Å²) in [6.45, 7) is 0. The highest BCUT2D eigenvalue weighted by Crippen LogP contribution is 2.06. The highest BCUT2D eigenvalue weighted by molar-refractivity contribution is 5.85. The Hall–Kier alpha value is -1.14. The number of hydrogen-bond acceptors (Lipinski definition) is 6. The topological polar surface area (TPSA) is 71.1 Å². The molecule has 0 aromatic rings. The summed E-state index contributed by atoms with van der Waals surface area (Å²) >= 11 is 0. The van der Waals surface area contributed by atoms with Crippen molar-refractivity contribution in [3.8, 4) is 0 Å². The van der Waals surface area contributed by atoms with Crippen LogP contribution in [0.2, 0.25) is 0 Å². The summed E-state index contributed by atoms with van der Waals surface area (Å²) in [7, 11) is 4.93. The summed E-state index contributed by atoms with van der Waals surface area (Å²) in [6.07, 6.45) is -2.23. The van der Waals surface area contributed by atoms with E-state index in [1.807, 2.05) is 0 Å². The summed E-state index contributed by atoms with van der Waals surface area (Å²) in [5.74, 6) is -1.38. The van der Waals surface area contributed by atoms with Gasteiger partial charge in [0.25, 0.3) is 0 Å². The third kappa shape index (κ3) is 2.97. The van der Waals surface area contributed by atoms with Crippen LogP contribution in [0.3, 0.4) is 0 Å². The van der Waals surface area contributed by atoms with Gasteiger partial charge < -0.3 is 18.9 Å². The fourth-order valence-electron chi connectivity index (χ4n) is 0.919. The van der Waals surface area contributed by atoms with Gasteiger partial charge in [0.05, 0.1) is 14.2 Å². The molecule has 2 atom stereocenters. The zero-order valence-corrected chi connectivity index (χ0v) is 8.60. The highest BCUT2D eigenvalue weighted by atomic mass is 16.6. The summed E-state index contributed by atoms with van der Waals surface area (Å²) in [6, 6.07) is 0. The molecule has 0 saturated heterocycles. The second-order valence-electron chi connectivity index (χ2n) is 2.36. The molecule has 0 spiro atoms. The van der Waals surface area contributed by atoms with E-state index in [0.29, 0.717) is 0 Å². The lowest BCUT2D eigenvalue weighted by atomic mass is 10.2. The van der Waals surface area contributed by atoms with Crippen LogP contribution in [0.1, 0.15) is 0 Å². The molecule has 0 aliphatic carbocycles. The van der Waals surface area contributed by atoms with Crippen molar-refractivity contribution in [1.29, 1.82) is 0 Å². The van der Waals surface area contributed by atoms with Crippen molar-refractivity contribution in [2.24, 2.45) is 0 Å². The SMILES string of the molecule is COC(=O)[C@@H](OC)[C@@H](OC)C(=O)OC. The van der Waals surface area contributed by atoms with E-state index >= 15 is 0 Å². The van der Waals surface area contributed by atoms with Crippen molar-refractivity contribution in [2.45, 2.75) is 12.2 Å². The molecular weight excluding hydrogens is 192 g/mol. The van der Waals surface area contributed by atoms with Gasteiger partial charge in [0.15, 0.2) is 12.2 Å². The smallest absolute Gasteiger partial charge is 0.338 e. The quantitative estimate of drug-likeness (QED) is 0.557. The minimum Gasteiger partial charge on any atom is -0.467 e. The van der Waals surface area contributed by atoms with Crippen LogP contribution in [-0.4, -0.2) is 52.6 Å². The number of methoxy groups -OCH3 is 4. The lowest BCUT2D eigenvalue weighted by Crippen LogP contribution is -2.43. The summed E-state index contributed by atoms with van der Waals surface area (Å²) in [5, 5.41) is 0. The van der Waals surface area contributed by atoms with Crippen LogP contribution in [0, 0.1) is 0 Å². The average Bonchev–Trinajstić information content (AvgIpc) is 2.23. The molecule has 6 nitrogen and oxygen atoms in total. The molecule has 0 aromatic carbocycles. The van der Waals surface area contributed by atoms with Gasteiger partial charge in [-0.25, -0.2) is 9.59 Å². The van der Waals surface area contributed by atoms with Gasteiger partial charge in [-0.15, -0.1) is 0 Å². The fourth-order valence-corrected chi connectivity index (χ4v) is 0.919. The Kier molecular flexibility index (Phi) is 5.82. The summed E-state index contributed by atoms with van der Waals surface area (Å²) in [5.41, 5.74) is 0. The highest BCUT2D eigenvalue weighted by Gasteiger charge is 2.35. The van der Waals surface area contributed by atoms with Gasteiger partial charge in [-0.2, -0.15) is 0 Å². The first kappa shape index (κ1) is 12.9. The predicted octanol–water partition coefficient (Wildman–Crippen LogP) is -0.638. The summed E-state index contributed by atoms with van der Waals surface area (Å²) in [4.78, 5) is 22.3. The van der Waals surface area contributed by atoms with E-state index in [4.69, 9.17) is 9.47 Å². The van der Waals surface area contributed by atoms with Crippen molar-refractivity contribution >= 4 is 11.9 Å². The van der Waals surface area contributed by atoms with Gasteiger partial charge in [0, 0.05) is 14.2 Å². The Labute approximate surface area is 82.1 Å². The molecule has 0 aliphatic heterocycles. The summed E-state index contributed by atoms with van der Waals surface area (Å²) < 4.78 is 18.4. The largest absolute Gasteiger partial charge is 0.467 e. The van der Waals surface area contributed by atoms with Crippen LogP contribution < -0.4 is 0 Å². The number of carbonyl (C=O) groups excluding carboxylic acids is 2. The van der Waals surface area contributed by atoms with Crippen molar-refractivity contribution in [3.63, 3.8) is 0 Å². The molecule has 0 aromatic heterocycles. The Morgan fingerprint density at radius 3 is 1.21 bits per heavy atom. The molecule has 6 heteroatoms. The molecule has 0 unspecified atom stereocenters. The van der Waals surface area contributed by atoms with E-state index in [1.165, 1.54) is 28.4 Å². The van der Waals surface area contributed by atoms with Crippen LogP contribution in [0.15, 0.2) is 0 Å². The molecule has 0 aliphatic rings. The first-order valence-electron chi connectivity index (χ1n) is 3.83. The van der Waals surface area contributed by atoms with Gasteiger partial charge >= 0.3 is 11.9 Å². The van der Waals surface area contributed by atoms with Crippen molar-refractivity contribution in [3.05, 3.63) is 0 Å². The number of esters is 2. The first-order chi connectivity index (χ1) is 6.62. The van der Waals surface area contributed by atoms with Crippen LogP contribution in [0.4, 0.5) is 0 Å². The Morgan fingerprint density at radius 2 is 1.07 bits per heavy atom. The van der Waals surface area contributed by atoms with Crippen LogP contribution in [0.25, 0.3) is 0 Å². The Bertz CT molecular complexity index is 180. The molecular formula is C8H14O6. The van der Waals surface area contributed by atoms with Gasteiger partial charge in [-0.05, 0) is 0 Å². The fraction of sp³-hybridized carbons (Fsp3) is 0.750. The molecule has 0 saturated carbocycles. The van der Waals surface area contributed by atoms with Crippen molar-refractivity contribution in [2.75, 3.05) is 28.4 Å². The maximum atomic E-state index is 11.1. The molecule has 0 N–H and O–H groups in total. The van der Waals surface area contributed by atoms with Crippen LogP contribution >= 0.6 is 0 Å². The number of rotatable bonds is 5. The zero-order chi connectivity index (χ0) is 11.1. The van der Waals surface area contributed by atoms with Crippen molar-refractivity contribution < 1.29 is 28.5 Å². The number of carbonyl (C=O) groups is 2. The standard InChI is InChI=1S/C8H14O6/c1-11-5(7(9)13-3)6(12-2)8(10)14-4/h5-6H,1-4H3/t5-,6+. The zero-order valence-electron chi connectivity index (χ0n) is 8.60. The Morgan fingerprint density at radius 1 is 0.786 bits per heavy atom.